The zero-order valence-corrected chi connectivity index (χ0v) is 6.31. The minimum atomic E-state index is 0.539. The number of nitrogens with zero attached hydrogens (tertiary/aromatic N) is 3. The molecule has 0 atom stereocenters. The zero-order valence-electron chi connectivity index (χ0n) is 4.80. The average molecular weight is 171 g/mol. The summed E-state index contributed by atoms with van der Waals surface area (Å²) in [5, 5.41) is 1.52. The summed E-state index contributed by atoms with van der Waals surface area (Å²) >= 11 is 11.2. The van der Waals surface area contributed by atoms with E-state index in [4.69, 9.17) is 29.4 Å². The lowest BCUT2D eigenvalue weighted by atomic mass is 10.7. The predicted octanol–water partition coefficient (Wildman–Crippen LogP) is -0.0402. The number of nitrogens with two attached hydrogens (primary N) is 1. The molecule has 0 radical (unpaired) electrons. The van der Waals surface area contributed by atoms with E-state index in [1.165, 1.54) is 13.8 Å². The molecule has 0 aromatic carbocycles. The van der Waals surface area contributed by atoms with Crippen LogP contribution >= 0.6 is 23.6 Å². The molecule has 1 fully saturated rings. The van der Waals surface area contributed by atoms with Gasteiger partial charge in [-0.05, 0) is 23.6 Å². The molecule has 2 N–H and O–H groups in total. The molecule has 4 nitrogen and oxygen atoms in total. The highest BCUT2D eigenvalue weighted by molar-refractivity contribution is 6.15. The Balaban J connectivity index is 2.34. The Morgan fingerprint density at radius 1 is 1.00 bits per heavy atom. The van der Waals surface area contributed by atoms with Crippen LogP contribution in [0.25, 0.3) is 0 Å². The SMILES string of the molecule is NN1CN(Cl)CN(Cl)C1. The molecule has 1 aliphatic heterocycles. The van der Waals surface area contributed by atoms with Gasteiger partial charge in [0.05, 0.1) is 20.0 Å². The van der Waals surface area contributed by atoms with Gasteiger partial charge in [0.15, 0.2) is 0 Å². The van der Waals surface area contributed by atoms with Crippen LogP contribution in [0.4, 0.5) is 0 Å². The standard InChI is InChI=1S/C3H8Cl2N4/c4-7-1-8(5)3-9(6)2-7/h1-3,6H2. The van der Waals surface area contributed by atoms with Crippen LogP contribution in [0.15, 0.2) is 0 Å². The molecule has 1 saturated heterocycles. The van der Waals surface area contributed by atoms with Crippen LogP contribution in [0.1, 0.15) is 0 Å². The number of rotatable bonds is 0. The molecule has 0 bridgehead atoms. The van der Waals surface area contributed by atoms with Crippen LogP contribution in [0, 0.1) is 0 Å². The summed E-state index contributed by atoms with van der Waals surface area (Å²) in [7, 11) is 0. The fraction of sp³-hybridized carbons (Fsp3) is 1.00. The van der Waals surface area contributed by atoms with Crippen molar-refractivity contribution >= 4 is 23.6 Å². The van der Waals surface area contributed by atoms with E-state index in [1.807, 2.05) is 0 Å². The summed E-state index contributed by atoms with van der Waals surface area (Å²) < 4.78 is 2.99. The van der Waals surface area contributed by atoms with Gasteiger partial charge in [-0.3, -0.25) is 5.84 Å². The van der Waals surface area contributed by atoms with E-state index in [1.54, 1.807) is 0 Å². The second-order valence-electron chi connectivity index (χ2n) is 1.94. The number of hydrogen-bond acceptors (Lipinski definition) is 4. The second-order valence-corrected chi connectivity index (χ2v) is 2.89. The van der Waals surface area contributed by atoms with Gasteiger partial charge in [-0.2, -0.15) is 8.84 Å². The quantitative estimate of drug-likeness (QED) is 0.409. The maximum Gasteiger partial charge on any atom is 0.0828 e. The lowest BCUT2D eigenvalue weighted by molar-refractivity contribution is 0.0673. The Labute approximate surface area is 63.9 Å². The van der Waals surface area contributed by atoms with Crippen molar-refractivity contribution in [2.24, 2.45) is 5.84 Å². The second kappa shape index (κ2) is 3.01. The molecule has 54 valence electrons. The maximum absolute atomic E-state index is 5.59. The van der Waals surface area contributed by atoms with Gasteiger partial charge in [0.1, 0.15) is 0 Å². The molecular weight excluding hydrogens is 163 g/mol. The van der Waals surface area contributed by atoms with Crippen LogP contribution in [0.2, 0.25) is 0 Å². The largest absolute Gasteiger partial charge is 0.266 e. The van der Waals surface area contributed by atoms with Crippen molar-refractivity contribution in [1.82, 2.24) is 13.8 Å². The molecule has 0 aromatic rings. The van der Waals surface area contributed by atoms with Crippen LogP contribution in [-0.2, 0) is 0 Å². The fourth-order valence-corrected chi connectivity index (χ4v) is 1.28. The van der Waals surface area contributed by atoms with E-state index < -0.39 is 0 Å². The molecule has 9 heavy (non-hydrogen) atoms. The van der Waals surface area contributed by atoms with Crippen molar-refractivity contribution in [1.29, 1.82) is 0 Å². The van der Waals surface area contributed by atoms with E-state index in [0.29, 0.717) is 20.0 Å². The van der Waals surface area contributed by atoms with Crippen molar-refractivity contribution in [3.8, 4) is 0 Å². The average Bonchev–Trinajstić information content (AvgIpc) is 1.59. The molecule has 0 unspecified atom stereocenters. The van der Waals surface area contributed by atoms with Crippen molar-refractivity contribution < 1.29 is 0 Å². The first-order valence-corrected chi connectivity index (χ1v) is 3.17. The summed E-state index contributed by atoms with van der Waals surface area (Å²) in [5.41, 5.74) is 0. The third-order valence-electron chi connectivity index (χ3n) is 0.977. The van der Waals surface area contributed by atoms with Gasteiger partial charge in [-0.15, -0.1) is 0 Å². The summed E-state index contributed by atoms with van der Waals surface area (Å²) in [5.74, 6) is 5.40. The Bertz CT molecular complexity index is 74.8. The highest BCUT2D eigenvalue weighted by Gasteiger charge is 2.17. The van der Waals surface area contributed by atoms with Crippen molar-refractivity contribution in [3.05, 3.63) is 0 Å². The monoisotopic (exact) mass is 170 g/mol. The van der Waals surface area contributed by atoms with Gasteiger partial charge in [0.25, 0.3) is 0 Å². The highest BCUT2D eigenvalue weighted by atomic mass is 35.5. The Morgan fingerprint density at radius 3 is 1.78 bits per heavy atom. The molecule has 1 rings (SSSR count). The normalized spacial score (nSPS) is 27.0. The van der Waals surface area contributed by atoms with E-state index >= 15 is 0 Å². The summed E-state index contributed by atoms with van der Waals surface area (Å²) in [6.07, 6.45) is 0. The Kier molecular flexibility index (Phi) is 2.51. The number of hydrazine groups is 1. The predicted molar refractivity (Wildman–Crippen MR) is 36.0 cm³/mol. The molecule has 6 heteroatoms. The van der Waals surface area contributed by atoms with Crippen LogP contribution < -0.4 is 5.84 Å². The lowest BCUT2D eigenvalue weighted by Gasteiger charge is -2.32. The van der Waals surface area contributed by atoms with Gasteiger partial charge < -0.3 is 0 Å². The van der Waals surface area contributed by atoms with Gasteiger partial charge >= 0.3 is 0 Å². The van der Waals surface area contributed by atoms with E-state index in [0.717, 1.165) is 0 Å². The van der Waals surface area contributed by atoms with Gasteiger partial charge in [0.2, 0.25) is 0 Å². The first kappa shape index (κ1) is 7.53. The van der Waals surface area contributed by atoms with Crippen LogP contribution in [-0.4, -0.2) is 33.9 Å². The van der Waals surface area contributed by atoms with Gasteiger partial charge in [-0.25, -0.2) is 5.01 Å². The Morgan fingerprint density at radius 2 is 1.44 bits per heavy atom. The molecular formula is C3H8Cl2N4. The third kappa shape index (κ3) is 2.25. The zero-order chi connectivity index (χ0) is 6.85. The topological polar surface area (TPSA) is 35.7 Å². The van der Waals surface area contributed by atoms with Crippen molar-refractivity contribution in [3.63, 3.8) is 0 Å². The first-order valence-electron chi connectivity index (χ1n) is 2.49. The molecule has 1 aliphatic rings. The maximum atomic E-state index is 5.59. The summed E-state index contributed by atoms with van der Waals surface area (Å²) in [6.45, 7) is 1.63. The molecule has 0 saturated carbocycles. The van der Waals surface area contributed by atoms with E-state index in [9.17, 15) is 0 Å². The van der Waals surface area contributed by atoms with Crippen LogP contribution in [0.5, 0.6) is 0 Å². The molecule has 1 heterocycles. The molecule has 0 spiro atoms. The minimum Gasteiger partial charge on any atom is -0.266 e. The summed E-state index contributed by atoms with van der Waals surface area (Å²) in [6, 6.07) is 0. The van der Waals surface area contributed by atoms with Crippen LogP contribution in [0.3, 0.4) is 0 Å². The smallest absolute Gasteiger partial charge is 0.0828 e. The first-order chi connectivity index (χ1) is 4.18. The fourth-order valence-electron chi connectivity index (χ4n) is 0.695. The number of hydrogen-bond donors (Lipinski definition) is 1. The Hall–Kier alpha value is 0.420. The van der Waals surface area contributed by atoms with E-state index in [-0.39, 0.29) is 0 Å². The summed E-state index contributed by atoms with van der Waals surface area (Å²) in [4.78, 5) is 0. The highest BCUT2D eigenvalue weighted by Crippen LogP contribution is 2.07. The molecule has 0 aromatic heterocycles. The number of halogens is 2. The lowest BCUT2D eigenvalue weighted by Crippen LogP contribution is -2.51. The third-order valence-corrected chi connectivity index (χ3v) is 1.40. The molecule has 0 amide bonds. The van der Waals surface area contributed by atoms with E-state index in [2.05, 4.69) is 0 Å². The van der Waals surface area contributed by atoms with Gasteiger partial charge in [-0.1, -0.05) is 0 Å². The van der Waals surface area contributed by atoms with Gasteiger partial charge in [0, 0.05) is 0 Å². The van der Waals surface area contributed by atoms with Crippen molar-refractivity contribution in [2.45, 2.75) is 0 Å². The molecule has 0 aliphatic carbocycles. The minimum absolute atomic E-state index is 0.539. The van der Waals surface area contributed by atoms with Crippen molar-refractivity contribution in [2.75, 3.05) is 20.0 Å².